The van der Waals surface area contributed by atoms with Crippen molar-refractivity contribution in [3.63, 3.8) is 0 Å². The van der Waals surface area contributed by atoms with E-state index < -0.39 is 0 Å². The smallest absolute Gasteiger partial charge is 0.195 e. The first-order valence-corrected chi connectivity index (χ1v) is 9.89. The summed E-state index contributed by atoms with van der Waals surface area (Å²) in [6, 6.07) is 10.0. The van der Waals surface area contributed by atoms with E-state index in [1.54, 1.807) is 7.05 Å². The lowest BCUT2D eigenvalue weighted by Crippen LogP contribution is -2.30. The van der Waals surface area contributed by atoms with Crippen LogP contribution in [0.2, 0.25) is 0 Å². The molecule has 0 unspecified atom stereocenters. The van der Waals surface area contributed by atoms with Gasteiger partial charge in [0.25, 0.3) is 0 Å². The van der Waals surface area contributed by atoms with Crippen molar-refractivity contribution in [1.82, 2.24) is 10.3 Å². The maximum absolute atomic E-state index is 5.76. The number of aromatic nitrogens is 1. The van der Waals surface area contributed by atoms with Gasteiger partial charge in [0.15, 0.2) is 17.5 Å². The molecule has 0 bridgehead atoms. The highest BCUT2D eigenvalue weighted by Gasteiger charge is 2.14. The third kappa shape index (κ3) is 4.47. The lowest BCUT2D eigenvalue weighted by Gasteiger charge is -2.17. The molecule has 1 aromatic heterocycles. The Kier molecular flexibility index (Phi) is 5.80. The van der Waals surface area contributed by atoms with E-state index in [4.69, 9.17) is 9.47 Å². The molecule has 7 nitrogen and oxygen atoms in total. The van der Waals surface area contributed by atoms with Crippen LogP contribution in [0.15, 0.2) is 41.5 Å². The summed E-state index contributed by atoms with van der Waals surface area (Å²) in [6.07, 6.45) is 5.27. The molecule has 2 aliphatic heterocycles. The Morgan fingerprint density at radius 2 is 1.89 bits per heavy atom. The van der Waals surface area contributed by atoms with Gasteiger partial charge in [0, 0.05) is 51.1 Å². The highest BCUT2D eigenvalue weighted by molar-refractivity contribution is 5.93. The molecule has 0 aliphatic carbocycles. The van der Waals surface area contributed by atoms with Crippen molar-refractivity contribution in [3.05, 3.63) is 42.1 Å². The van der Waals surface area contributed by atoms with Gasteiger partial charge in [0.1, 0.15) is 5.82 Å². The molecule has 1 aromatic carbocycles. The second-order valence-corrected chi connectivity index (χ2v) is 6.98. The van der Waals surface area contributed by atoms with Crippen LogP contribution in [0.5, 0.6) is 11.5 Å². The molecule has 0 atom stereocenters. The Morgan fingerprint density at radius 3 is 2.71 bits per heavy atom. The molecule has 3 heterocycles. The van der Waals surface area contributed by atoms with Crippen LogP contribution in [-0.2, 0) is 6.54 Å². The van der Waals surface area contributed by atoms with Crippen LogP contribution in [0.1, 0.15) is 24.8 Å². The lowest BCUT2D eigenvalue weighted by molar-refractivity contribution is 0.297. The average Bonchev–Trinajstić information content (AvgIpc) is 3.17. The lowest BCUT2D eigenvalue weighted by atomic mass is 10.2. The van der Waals surface area contributed by atoms with Crippen LogP contribution in [0.25, 0.3) is 0 Å². The Hall–Kier alpha value is -2.96. The molecule has 0 radical (unpaired) electrons. The second-order valence-electron chi connectivity index (χ2n) is 6.98. The highest BCUT2D eigenvalue weighted by atomic mass is 16.5. The normalized spacial score (nSPS) is 16.6. The number of ether oxygens (including phenoxy) is 2. The van der Waals surface area contributed by atoms with E-state index in [9.17, 15) is 0 Å². The summed E-state index contributed by atoms with van der Waals surface area (Å²) in [6.45, 7) is 4.22. The summed E-state index contributed by atoms with van der Waals surface area (Å²) >= 11 is 0. The maximum Gasteiger partial charge on any atom is 0.195 e. The first-order valence-electron chi connectivity index (χ1n) is 9.89. The molecule has 4 rings (SSSR count). The van der Waals surface area contributed by atoms with Crippen molar-refractivity contribution >= 4 is 17.5 Å². The first-order chi connectivity index (χ1) is 13.8. The van der Waals surface area contributed by atoms with Gasteiger partial charge in [0.05, 0.1) is 13.2 Å². The van der Waals surface area contributed by atoms with Crippen molar-refractivity contribution in [2.45, 2.75) is 25.8 Å². The standard InChI is InChI=1S/C21H27N5O2/c1-22-21(25-17-5-6-18-19(14-17)28-12-4-11-27-18)24-15-16-7-8-23-20(13-16)26-9-2-3-10-26/h5-8,13-14H,2-4,9-12,15H2,1H3,(H2,22,24,25). The third-order valence-electron chi connectivity index (χ3n) is 4.93. The van der Waals surface area contributed by atoms with Crippen molar-refractivity contribution in [2.75, 3.05) is 43.6 Å². The summed E-state index contributed by atoms with van der Waals surface area (Å²) in [4.78, 5) is 11.2. The summed E-state index contributed by atoms with van der Waals surface area (Å²) in [5.74, 6) is 3.32. The third-order valence-corrected chi connectivity index (χ3v) is 4.93. The second kappa shape index (κ2) is 8.82. The molecule has 0 amide bonds. The minimum atomic E-state index is 0.671. The van der Waals surface area contributed by atoms with Crippen LogP contribution >= 0.6 is 0 Å². The van der Waals surface area contributed by atoms with Crippen LogP contribution in [-0.4, -0.2) is 44.3 Å². The molecule has 0 spiro atoms. The fourth-order valence-corrected chi connectivity index (χ4v) is 3.43. The minimum Gasteiger partial charge on any atom is -0.490 e. The van der Waals surface area contributed by atoms with Gasteiger partial charge < -0.3 is 25.0 Å². The number of rotatable bonds is 4. The number of guanidine groups is 1. The Morgan fingerprint density at radius 1 is 1.07 bits per heavy atom. The fourth-order valence-electron chi connectivity index (χ4n) is 3.43. The van der Waals surface area contributed by atoms with Gasteiger partial charge >= 0.3 is 0 Å². The zero-order chi connectivity index (χ0) is 19.2. The number of aliphatic imine (C=N–C) groups is 1. The van der Waals surface area contributed by atoms with Gasteiger partial charge in [-0.1, -0.05) is 0 Å². The van der Waals surface area contributed by atoms with E-state index in [2.05, 4.69) is 31.6 Å². The van der Waals surface area contributed by atoms with E-state index in [0.29, 0.717) is 25.7 Å². The van der Waals surface area contributed by atoms with Crippen molar-refractivity contribution in [3.8, 4) is 11.5 Å². The molecule has 1 saturated heterocycles. The van der Waals surface area contributed by atoms with E-state index in [1.165, 1.54) is 18.4 Å². The van der Waals surface area contributed by atoms with Gasteiger partial charge in [-0.3, -0.25) is 4.99 Å². The number of anilines is 2. The molecule has 7 heteroatoms. The first kappa shape index (κ1) is 18.4. The molecular weight excluding hydrogens is 354 g/mol. The molecule has 28 heavy (non-hydrogen) atoms. The van der Waals surface area contributed by atoms with E-state index in [1.807, 2.05) is 30.5 Å². The predicted molar refractivity (Wildman–Crippen MR) is 112 cm³/mol. The summed E-state index contributed by atoms with van der Waals surface area (Å²) in [5, 5.41) is 6.68. The van der Waals surface area contributed by atoms with Crippen LogP contribution in [0, 0.1) is 0 Å². The van der Waals surface area contributed by atoms with E-state index in [-0.39, 0.29) is 0 Å². The van der Waals surface area contributed by atoms with E-state index >= 15 is 0 Å². The van der Waals surface area contributed by atoms with Crippen molar-refractivity contribution < 1.29 is 9.47 Å². The van der Waals surface area contributed by atoms with Crippen LogP contribution in [0.4, 0.5) is 11.5 Å². The number of fused-ring (bicyclic) bond motifs is 1. The molecule has 2 aliphatic rings. The number of hydrogen-bond acceptors (Lipinski definition) is 5. The number of nitrogens with one attached hydrogen (secondary N) is 2. The topological polar surface area (TPSA) is 71.0 Å². The van der Waals surface area contributed by atoms with Gasteiger partial charge in [-0.25, -0.2) is 4.98 Å². The summed E-state index contributed by atoms with van der Waals surface area (Å²) < 4.78 is 11.4. The predicted octanol–water partition coefficient (Wildman–Crippen LogP) is 3.03. The van der Waals surface area contributed by atoms with Crippen LogP contribution < -0.4 is 25.0 Å². The maximum atomic E-state index is 5.76. The number of pyridine rings is 1. The monoisotopic (exact) mass is 381 g/mol. The molecule has 148 valence electrons. The van der Waals surface area contributed by atoms with Crippen LogP contribution in [0.3, 0.4) is 0 Å². The Balaban J connectivity index is 1.38. The van der Waals surface area contributed by atoms with Gasteiger partial charge in [-0.15, -0.1) is 0 Å². The highest BCUT2D eigenvalue weighted by Crippen LogP contribution is 2.32. The van der Waals surface area contributed by atoms with Gasteiger partial charge in [-0.05, 0) is 42.7 Å². The molecule has 2 N–H and O–H groups in total. The van der Waals surface area contributed by atoms with E-state index in [0.717, 1.165) is 42.5 Å². The van der Waals surface area contributed by atoms with Crippen molar-refractivity contribution in [2.24, 2.45) is 4.99 Å². The Labute approximate surface area is 165 Å². The number of nitrogens with zero attached hydrogens (tertiary/aromatic N) is 3. The number of hydrogen-bond donors (Lipinski definition) is 2. The zero-order valence-corrected chi connectivity index (χ0v) is 16.3. The molecule has 2 aromatic rings. The average molecular weight is 381 g/mol. The molecule has 1 fully saturated rings. The summed E-state index contributed by atoms with van der Waals surface area (Å²) in [5.41, 5.74) is 2.09. The zero-order valence-electron chi connectivity index (χ0n) is 16.3. The fraction of sp³-hybridized carbons (Fsp3) is 0.429. The Bertz CT molecular complexity index is 833. The minimum absolute atomic E-state index is 0.671. The quantitative estimate of drug-likeness (QED) is 0.627. The van der Waals surface area contributed by atoms with Gasteiger partial charge in [0.2, 0.25) is 0 Å². The number of benzene rings is 1. The largest absolute Gasteiger partial charge is 0.490 e. The van der Waals surface area contributed by atoms with Gasteiger partial charge in [-0.2, -0.15) is 0 Å². The van der Waals surface area contributed by atoms with Crippen molar-refractivity contribution in [1.29, 1.82) is 0 Å². The molecule has 0 saturated carbocycles. The summed E-state index contributed by atoms with van der Waals surface area (Å²) in [7, 11) is 1.76. The molecular formula is C21H27N5O2. The SMILES string of the molecule is CN=C(NCc1ccnc(N2CCCC2)c1)Nc1ccc2c(c1)OCCCO2.